The molecule has 0 saturated carbocycles. The molecular weight excluding hydrogens is 432 g/mol. The molecule has 3 amide bonds. The van der Waals surface area contributed by atoms with E-state index in [1.807, 2.05) is 21.7 Å². The number of hydrogen-bond acceptors (Lipinski definition) is 7. The van der Waals surface area contributed by atoms with Crippen molar-refractivity contribution in [2.45, 2.75) is 19.4 Å². The molecule has 0 bridgehead atoms. The lowest BCUT2D eigenvalue weighted by Gasteiger charge is -2.30. The average molecular weight is 459 g/mol. The van der Waals surface area contributed by atoms with Crippen LogP contribution in [0.25, 0.3) is 0 Å². The van der Waals surface area contributed by atoms with E-state index in [2.05, 4.69) is 15.5 Å². The zero-order valence-electron chi connectivity index (χ0n) is 17.8. The van der Waals surface area contributed by atoms with Gasteiger partial charge in [-0.15, -0.1) is 0 Å². The number of carbonyl (C=O) groups is 3. The normalized spacial score (nSPS) is 19.8. The van der Waals surface area contributed by atoms with Gasteiger partial charge in [-0.05, 0) is 36.9 Å². The molecule has 10 heteroatoms. The number of nitrogens with one attached hydrogen (secondary N) is 2. The smallest absolute Gasteiger partial charge is 0.338 e. The summed E-state index contributed by atoms with van der Waals surface area (Å²) in [5.74, 6) is -0.00290. The zero-order chi connectivity index (χ0) is 22.5. The first-order chi connectivity index (χ1) is 15.6. The van der Waals surface area contributed by atoms with Crippen LogP contribution in [0.2, 0.25) is 0 Å². The molecule has 2 N–H and O–H groups in total. The van der Waals surface area contributed by atoms with E-state index in [9.17, 15) is 14.4 Å². The number of carbonyl (C=O) groups excluding carboxylic acids is 3. The minimum absolute atomic E-state index is 0.0348. The van der Waals surface area contributed by atoms with Crippen LogP contribution >= 0.6 is 11.3 Å². The van der Waals surface area contributed by atoms with Gasteiger partial charge in [0.25, 0.3) is 5.91 Å². The summed E-state index contributed by atoms with van der Waals surface area (Å²) in [6.07, 6.45) is 2.30. The van der Waals surface area contributed by atoms with Crippen molar-refractivity contribution in [3.8, 4) is 0 Å². The maximum Gasteiger partial charge on any atom is 0.338 e. The van der Waals surface area contributed by atoms with Crippen LogP contribution < -0.4 is 10.6 Å². The van der Waals surface area contributed by atoms with Crippen molar-refractivity contribution in [2.75, 3.05) is 39.3 Å². The molecule has 4 rings (SSSR count). The van der Waals surface area contributed by atoms with Crippen molar-refractivity contribution in [3.05, 3.63) is 57.8 Å². The summed E-state index contributed by atoms with van der Waals surface area (Å²) < 4.78 is 10.8. The van der Waals surface area contributed by atoms with Crippen LogP contribution in [0.3, 0.4) is 0 Å². The van der Waals surface area contributed by atoms with Crippen molar-refractivity contribution < 1.29 is 23.5 Å². The summed E-state index contributed by atoms with van der Waals surface area (Å²) in [6.45, 7) is 4.92. The third-order valence-electron chi connectivity index (χ3n) is 5.50. The molecule has 2 aromatic rings. The Labute approximate surface area is 190 Å². The summed E-state index contributed by atoms with van der Waals surface area (Å²) in [5, 5.41) is 9.30. The lowest BCUT2D eigenvalue weighted by molar-refractivity contribution is -0.139. The highest BCUT2D eigenvalue weighted by Crippen LogP contribution is 2.28. The molecule has 170 valence electrons. The van der Waals surface area contributed by atoms with E-state index in [-0.39, 0.29) is 12.5 Å². The minimum atomic E-state index is -0.726. The van der Waals surface area contributed by atoms with Crippen molar-refractivity contribution >= 4 is 29.2 Å². The molecule has 2 aromatic heterocycles. The van der Waals surface area contributed by atoms with E-state index in [0.29, 0.717) is 48.8 Å². The Morgan fingerprint density at radius 1 is 1.25 bits per heavy atom. The van der Waals surface area contributed by atoms with Gasteiger partial charge in [0.05, 0.1) is 24.0 Å². The summed E-state index contributed by atoms with van der Waals surface area (Å²) in [4.78, 5) is 41.9. The SMILES string of the molecule is CCOC(=O)C1=C(CN2CCCN(C(=O)c3ccsc3)CC2)NC(=O)NC1c1ccco1. The summed E-state index contributed by atoms with van der Waals surface area (Å²) in [7, 11) is 0. The molecule has 9 nitrogen and oxygen atoms in total. The molecule has 0 radical (unpaired) electrons. The van der Waals surface area contributed by atoms with Gasteiger partial charge in [-0.1, -0.05) is 0 Å². The summed E-state index contributed by atoms with van der Waals surface area (Å²) in [6, 6.07) is 4.13. The molecule has 0 spiro atoms. The number of ether oxygens (including phenoxy) is 1. The van der Waals surface area contributed by atoms with Gasteiger partial charge < -0.3 is 24.7 Å². The third-order valence-corrected chi connectivity index (χ3v) is 6.19. The number of thiophene rings is 1. The number of amides is 3. The average Bonchev–Trinajstić information content (AvgIpc) is 3.45. The van der Waals surface area contributed by atoms with Gasteiger partial charge in [0.2, 0.25) is 0 Å². The number of nitrogens with zero attached hydrogens (tertiary/aromatic N) is 2. The second-order valence-electron chi connectivity index (χ2n) is 7.59. The van der Waals surface area contributed by atoms with Gasteiger partial charge in [-0.2, -0.15) is 11.3 Å². The lowest BCUT2D eigenvalue weighted by atomic mass is 10.00. The minimum Gasteiger partial charge on any atom is -0.467 e. The van der Waals surface area contributed by atoms with E-state index in [4.69, 9.17) is 9.15 Å². The number of esters is 1. The van der Waals surface area contributed by atoms with Gasteiger partial charge in [0.1, 0.15) is 11.8 Å². The predicted octanol–water partition coefficient (Wildman–Crippen LogP) is 2.36. The van der Waals surface area contributed by atoms with Gasteiger partial charge in [-0.25, -0.2) is 9.59 Å². The van der Waals surface area contributed by atoms with Crippen LogP contribution in [0.4, 0.5) is 4.79 Å². The van der Waals surface area contributed by atoms with Gasteiger partial charge in [0, 0.05) is 43.8 Å². The second kappa shape index (κ2) is 10.0. The molecule has 1 fully saturated rings. The topological polar surface area (TPSA) is 104 Å². The maximum atomic E-state index is 12.8. The number of hydrogen-bond donors (Lipinski definition) is 2. The highest BCUT2D eigenvalue weighted by molar-refractivity contribution is 7.08. The second-order valence-corrected chi connectivity index (χ2v) is 8.37. The fraction of sp³-hybridized carbons (Fsp3) is 0.409. The fourth-order valence-electron chi connectivity index (χ4n) is 3.99. The van der Waals surface area contributed by atoms with Crippen LogP contribution in [-0.4, -0.2) is 67.0 Å². The molecule has 1 saturated heterocycles. The summed E-state index contributed by atoms with van der Waals surface area (Å²) >= 11 is 1.51. The maximum absolute atomic E-state index is 12.8. The molecule has 0 aromatic carbocycles. The Kier molecular flexibility index (Phi) is 6.91. The van der Waals surface area contributed by atoms with Gasteiger partial charge >= 0.3 is 12.0 Å². The largest absolute Gasteiger partial charge is 0.467 e. The number of furan rings is 1. The zero-order valence-corrected chi connectivity index (χ0v) is 18.7. The molecule has 32 heavy (non-hydrogen) atoms. The molecule has 4 heterocycles. The first-order valence-electron chi connectivity index (χ1n) is 10.6. The Morgan fingerprint density at radius 3 is 2.84 bits per heavy atom. The van der Waals surface area contributed by atoms with Gasteiger partial charge in [-0.3, -0.25) is 9.69 Å². The number of urea groups is 1. The van der Waals surface area contributed by atoms with Crippen LogP contribution in [0, 0.1) is 0 Å². The third kappa shape index (κ3) is 4.86. The Balaban J connectivity index is 1.53. The van der Waals surface area contributed by atoms with Gasteiger partial charge in [0.15, 0.2) is 0 Å². The lowest BCUT2D eigenvalue weighted by Crippen LogP contribution is -2.48. The highest BCUT2D eigenvalue weighted by atomic mass is 32.1. The Hall–Kier alpha value is -3.11. The van der Waals surface area contributed by atoms with E-state index in [1.54, 1.807) is 19.1 Å². The van der Waals surface area contributed by atoms with E-state index in [1.165, 1.54) is 17.6 Å². The monoisotopic (exact) mass is 458 g/mol. The Bertz CT molecular complexity index is 986. The molecule has 0 aliphatic carbocycles. The van der Waals surface area contributed by atoms with E-state index in [0.717, 1.165) is 13.0 Å². The van der Waals surface area contributed by atoms with Crippen LogP contribution in [-0.2, 0) is 9.53 Å². The van der Waals surface area contributed by atoms with E-state index < -0.39 is 18.0 Å². The highest BCUT2D eigenvalue weighted by Gasteiger charge is 2.36. The van der Waals surface area contributed by atoms with Crippen molar-refractivity contribution in [2.24, 2.45) is 0 Å². The molecule has 2 aliphatic heterocycles. The van der Waals surface area contributed by atoms with Crippen LogP contribution in [0.15, 0.2) is 50.9 Å². The quantitative estimate of drug-likeness (QED) is 0.644. The van der Waals surface area contributed by atoms with Crippen molar-refractivity contribution in [1.82, 2.24) is 20.4 Å². The van der Waals surface area contributed by atoms with E-state index >= 15 is 0 Å². The van der Waals surface area contributed by atoms with Crippen molar-refractivity contribution in [1.29, 1.82) is 0 Å². The van der Waals surface area contributed by atoms with Crippen molar-refractivity contribution in [3.63, 3.8) is 0 Å². The predicted molar refractivity (Wildman–Crippen MR) is 118 cm³/mol. The Morgan fingerprint density at radius 2 is 2.12 bits per heavy atom. The standard InChI is InChI=1S/C22H26N4O5S/c1-2-30-21(28)18-16(23-22(29)24-19(18)17-5-3-11-31-17)13-25-7-4-8-26(10-9-25)20(27)15-6-12-32-14-15/h3,5-6,11-12,14,19H,2,4,7-10,13H2,1H3,(H2,23,24,29). The fourth-order valence-corrected chi connectivity index (χ4v) is 4.62. The molecule has 1 atom stereocenters. The molecular formula is C22H26N4O5S. The van der Waals surface area contributed by atoms with Crippen LogP contribution in [0.1, 0.15) is 35.5 Å². The molecule has 2 aliphatic rings. The molecule has 1 unspecified atom stereocenters. The summed E-state index contributed by atoms with van der Waals surface area (Å²) in [5.41, 5.74) is 1.53. The first kappa shape index (κ1) is 22.1. The number of rotatable bonds is 6. The van der Waals surface area contributed by atoms with Crippen LogP contribution in [0.5, 0.6) is 0 Å². The first-order valence-corrected chi connectivity index (χ1v) is 11.6.